The third-order valence-electron chi connectivity index (χ3n) is 6.25. The van der Waals surface area contributed by atoms with Crippen LogP contribution in [0.5, 0.6) is 5.75 Å². The maximum Gasteiger partial charge on any atom is 0.274 e. The number of nitrogens with zero attached hydrogens (tertiary/aromatic N) is 5. The molecule has 190 valence electrons. The van der Waals surface area contributed by atoms with Gasteiger partial charge in [-0.3, -0.25) is 14.6 Å². The molecule has 1 atom stereocenters. The molecule has 4 heterocycles. The molecule has 11 heteroatoms. The number of amides is 1. The van der Waals surface area contributed by atoms with E-state index >= 15 is 0 Å². The van der Waals surface area contributed by atoms with Gasteiger partial charge < -0.3 is 15.0 Å². The minimum atomic E-state index is -0.439. The first-order chi connectivity index (χ1) is 17.8. The predicted molar refractivity (Wildman–Crippen MR) is 138 cm³/mol. The quantitative estimate of drug-likeness (QED) is 0.339. The number of hydrogen-bond acceptors (Lipinski definition) is 9. The van der Waals surface area contributed by atoms with Crippen LogP contribution in [0.3, 0.4) is 0 Å². The summed E-state index contributed by atoms with van der Waals surface area (Å²) in [5.74, 6) is 0.279. The number of aromatic nitrogens is 4. The van der Waals surface area contributed by atoms with Crippen LogP contribution in [0.15, 0.2) is 42.7 Å². The number of Topliss-reactive ketones (excluding diaryl/α,β-unsaturated/α-hetero) is 1. The largest absolute Gasteiger partial charge is 0.497 e. The van der Waals surface area contributed by atoms with E-state index in [4.69, 9.17) is 4.74 Å². The highest BCUT2D eigenvalue weighted by Gasteiger charge is 2.35. The van der Waals surface area contributed by atoms with Crippen LogP contribution in [-0.4, -0.2) is 56.7 Å². The highest BCUT2D eigenvalue weighted by atomic mass is 32.1. The summed E-state index contributed by atoms with van der Waals surface area (Å²) < 4.78 is 19.4. The van der Waals surface area contributed by atoms with E-state index in [1.165, 1.54) is 17.4 Å². The van der Waals surface area contributed by atoms with E-state index in [1.807, 2.05) is 13.8 Å². The molecular weight excluding hydrogens is 495 g/mol. The summed E-state index contributed by atoms with van der Waals surface area (Å²) in [6.07, 6.45) is 3.05. The van der Waals surface area contributed by atoms with Gasteiger partial charge in [-0.2, -0.15) is 4.98 Å². The van der Waals surface area contributed by atoms with Gasteiger partial charge in [-0.05, 0) is 37.6 Å². The average molecular weight is 521 g/mol. The molecule has 4 aromatic rings. The molecule has 0 bridgehead atoms. The van der Waals surface area contributed by atoms with E-state index < -0.39 is 5.82 Å². The molecule has 1 aliphatic rings. The normalized spacial score (nSPS) is 14.3. The number of carbonyl (C=O) groups excluding carboxylic acids is 2. The molecule has 37 heavy (non-hydrogen) atoms. The number of pyridine rings is 1. The van der Waals surface area contributed by atoms with Crippen LogP contribution < -0.4 is 10.1 Å². The van der Waals surface area contributed by atoms with Crippen molar-refractivity contribution in [3.63, 3.8) is 0 Å². The number of fused-ring (bicyclic) bond motifs is 1. The van der Waals surface area contributed by atoms with E-state index in [1.54, 1.807) is 42.5 Å². The van der Waals surface area contributed by atoms with Gasteiger partial charge in [0.15, 0.2) is 17.1 Å². The lowest BCUT2D eigenvalue weighted by atomic mass is 9.91. The fourth-order valence-electron chi connectivity index (χ4n) is 4.27. The zero-order valence-corrected chi connectivity index (χ0v) is 21.4. The summed E-state index contributed by atoms with van der Waals surface area (Å²) in [4.78, 5) is 45.1. The zero-order valence-electron chi connectivity index (χ0n) is 20.6. The lowest BCUT2D eigenvalue weighted by Crippen LogP contribution is -2.50. The van der Waals surface area contributed by atoms with Crippen LogP contribution in [0.4, 0.5) is 10.3 Å². The highest BCUT2D eigenvalue weighted by molar-refractivity contribution is 7.18. The number of ketones is 1. The number of benzene rings is 1. The number of aryl methyl sites for hydroxylation is 1. The molecule has 1 saturated heterocycles. The van der Waals surface area contributed by atoms with Crippen molar-refractivity contribution in [2.75, 3.05) is 25.5 Å². The Hall–Kier alpha value is -3.99. The van der Waals surface area contributed by atoms with Gasteiger partial charge in [-0.25, -0.2) is 14.4 Å². The highest BCUT2D eigenvalue weighted by Crippen LogP contribution is 2.30. The Morgan fingerprint density at radius 2 is 2.03 bits per heavy atom. The molecule has 0 unspecified atom stereocenters. The number of hydrogen-bond donors (Lipinski definition) is 1. The molecule has 1 fully saturated rings. The van der Waals surface area contributed by atoms with Crippen LogP contribution in [0.1, 0.15) is 50.8 Å². The molecule has 0 radical (unpaired) electrons. The summed E-state index contributed by atoms with van der Waals surface area (Å²) in [7, 11) is 1.56. The van der Waals surface area contributed by atoms with Gasteiger partial charge in [-0.1, -0.05) is 12.1 Å². The summed E-state index contributed by atoms with van der Waals surface area (Å²) >= 11 is 1.36. The maximum atomic E-state index is 13.6. The first kappa shape index (κ1) is 24.7. The first-order valence-electron chi connectivity index (χ1n) is 11.8. The Balaban J connectivity index is 1.30. The number of thiazole rings is 1. The number of rotatable bonds is 8. The number of ether oxygens (including phenoxy) is 1. The van der Waals surface area contributed by atoms with Crippen molar-refractivity contribution in [3.05, 3.63) is 70.4 Å². The van der Waals surface area contributed by atoms with Gasteiger partial charge >= 0.3 is 0 Å². The van der Waals surface area contributed by atoms with Crippen molar-refractivity contribution >= 4 is 39.3 Å². The summed E-state index contributed by atoms with van der Waals surface area (Å²) in [5, 5.41) is 3.90. The summed E-state index contributed by atoms with van der Waals surface area (Å²) in [6, 6.07) is 8.11. The number of carbonyl (C=O) groups is 2. The van der Waals surface area contributed by atoms with E-state index in [0.717, 1.165) is 11.2 Å². The van der Waals surface area contributed by atoms with Gasteiger partial charge in [0, 0.05) is 37.2 Å². The number of likely N-dealkylation sites (tertiary alicyclic amines) is 1. The van der Waals surface area contributed by atoms with E-state index in [9.17, 15) is 14.0 Å². The van der Waals surface area contributed by atoms with Gasteiger partial charge in [-0.15, -0.1) is 11.3 Å². The molecule has 0 saturated carbocycles. The molecule has 0 aliphatic carbocycles. The molecule has 5 rings (SSSR count). The maximum absolute atomic E-state index is 13.6. The topological polar surface area (TPSA) is 110 Å². The fourth-order valence-corrected chi connectivity index (χ4v) is 5.11. The van der Waals surface area contributed by atoms with Crippen molar-refractivity contribution in [2.45, 2.75) is 26.3 Å². The molecule has 1 aliphatic heterocycles. The van der Waals surface area contributed by atoms with Gasteiger partial charge in [0.05, 0.1) is 24.4 Å². The van der Waals surface area contributed by atoms with E-state index in [-0.39, 0.29) is 35.3 Å². The number of nitrogens with one attached hydrogen (secondary N) is 1. The molecular formula is C26H25FN6O3S. The molecule has 3 aromatic heterocycles. The second-order valence-corrected chi connectivity index (χ2v) is 10.2. The van der Waals surface area contributed by atoms with Crippen molar-refractivity contribution in [1.82, 2.24) is 24.8 Å². The fraction of sp³-hybridized carbons (Fsp3) is 0.308. The van der Waals surface area contributed by atoms with Crippen molar-refractivity contribution in [3.8, 4) is 5.75 Å². The monoisotopic (exact) mass is 520 g/mol. The SMILES string of the molecule is COc1cccc(C(=O)CC2CN(C(=O)c3nc(N[C@@H](C)c4cncc(F)c4)nc4nc(C)sc34)C2)c1. The van der Waals surface area contributed by atoms with Crippen molar-refractivity contribution in [2.24, 2.45) is 5.92 Å². The Labute approximate surface area is 216 Å². The Morgan fingerprint density at radius 1 is 1.22 bits per heavy atom. The average Bonchev–Trinajstić information content (AvgIpc) is 3.24. The Kier molecular flexibility index (Phi) is 6.79. The van der Waals surface area contributed by atoms with Crippen LogP contribution in [0.2, 0.25) is 0 Å². The minimum Gasteiger partial charge on any atom is -0.497 e. The molecule has 9 nitrogen and oxygen atoms in total. The van der Waals surface area contributed by atoms with Crippen LogP contribution in [-0.2, 0) is 0 Å². The molecule has 1 amide bonds. The molecule has 1 aromatic carbocycles. The second-order valence-electron chi connectivity index (χ2n) is 9.02. The van der Waals surface area contributed by atoms with Crippen LogP contribution >= 0.6 is 11.3 Å². The van der Waals surface area contributed by atoms with Crippen LogP contribution in [0.25, 0.3) is 10.3 Å². The Bertz CT molecular complexity index is 1490. The van der Waals surface area contributed by atoms with Gasteiger partial charge in [0.1, 0.15) is 16.3 Å². The second kappa shape index (κ2) is 10.2. The lowest BCUT2D eigenvalue weighted by Gasteiger charge is -2.38. The number of methoxy groups -OCH3 is 1. The van der Waals surface area contributed by atoms with Crippen molar-refractivity contribution in [1.29, 1.82) is 0 Å². The number of halogens is 1. The van der Waals surface area contributed by atoms with Crippen LogP contribution in [0, 0.1) is 18.7 Å². The van der Waals surface area contributed by atoms with E-state index in [2.05, 4.69) is 25.3 Å². The van der Waals surface area contributed by atoms with Crippen molar-refractivity contribution < 1.29 is 18.7 Å². The molecule has 1 N–H and O–H groups in total. The zero-order chi connectivity index (χ0) is 26.1. The lowest BCUT2D eigenvalue weighted by molar-refractivity contribution is 0.0466. The summed E-state index contributed by atoms with van der Waals surface area (Å²) in [6.45, 7) is 4.60. The smallest absolute Gasteiger partial charge is 0.274 e. The van der Waals surface area contributed by atoms with E-state index in [0.29, 0.717) is 46.7 Å². The Morgan fingerprint density at radius 3 is 2.78 bits per heavy atom. The van der Waals surface area contributed by atoms with Gasteiger partial charge in [0.25, 0.3) is 5.91 Å². The summed E-state index contributed by atoms with van der Waals surface area (Å²) in [5.41, 5.74) is 1.91. The number of anilines is 1. The van der Waals surface area contributed by atoms with Gasteiger partial charge in [0.2, 0.25) is 5.95 Å². The first-order valence-corrected chi connectivity index (χ1v) is 12.6. The molecule has 0 spiro atoms. The minimum absolute atomic E-state index is 0.0193. The third kappa shape index (κ3) is 5.26. The predicted octanol–water partition coefficient (Wildman–Crippen LogP) is 4.46. The third-order valence-corrected chi connectivity index (χ3v) is 7.21. The standard InChI is InChI=1S/C26H25FN6O3S/c1-14(18-8-19(27)11-28-10-18)29-26-31-22(23-24(32-26)30-15(2)37-23)25(35)33-12-16(13-33)7-21(34)17-5-4-6-20(9-17)36-3/h4-6,8-11,14,16H,7,12-13H2,1-3H3,(H,29,31,32)/t14-/m0/s1.